The molecule has 6 rings (SSSR count). The molecule has 3 heteroatoms. The molecule has 0 saturated carbocycles. The van der Waals surface area contributed by atoms with Crippen molar-refractivity contribution in [1.29, 1.82) is 0 Å². The zero-order valence-corrected chi connectivity index (χ0v) is 21.5. The molecule has 3 heterocycles. The van der Waals surface area contributed by atoms with E-state index in [9.17, 15) is 0 Å². The lowest BCUT2D eigenvalue weighted by molar-refractivity contribution is 0.400. The summed E-state index contributed by atoms with van der Waals surface area (Å²) in [6, 6.07) is 15.4. The van der Waals surface area contributed by atoms with Gasteiger partial charge in [-0.1, -0.05) is 59.7 Å². The Hall–Kier alpha value is -3.46. The van der Waals surface area contributed by atoms with E-state index in [4.69, 9.17) is 9.72 Å². The Morgan fingerprint density at radius 3 is 2.31 bits per heavy atom. The molecule has 5 aromatic rings. The maximum absolute atomic E-state index is 6.87. The van der Waals surface area contributed by atoms with Crippen LogP contribution in [-0.4, -0.2) is 9.97 Å². The molecular formula is C32H32N2O. The lowest BCUT2D eigenvalue weighted by atomic mass is 9.83. The molecule has 1 aliphatic heterocycles. The summed E-state index contributed by atoms with van der Waals surface area (Å²) in [5.41, 5.74) is 4.97. The fourth-order valence-electron chi connectivity index (χ4n) is 5.58. The van der Waals surface area contributed by atoms with Gasteiger partial charge in [-0.2, -0.15) is 0 Å². The van der Waals surface area contributed by atoms with E-state index in [1.807, 2.05) is 18.6 Å². The predicted octanol–water partition coefficient (Wildman–Crippen LogP) is 8.89. The number of ether oxygens (including phenoxy) is 1. The number of aromatic nitrogens is 2. The Balaban J connectivity index is 1.69. The van der Waals surface area contributed by atoms with Gasteiger partial charge in [0.15, 0.2) is 0 Å². The summed E-state index contributed by atoms with van der Waals surface area (Å²) in [5.74, 6) is 1.85. The second-order valence-electron chi connectivity index (χ2n) is 12.4. The first kappa shape index (κ1) is 22.0. The number of benzene rings is 3. The SMILES string of the molecule is CC(C)(C)Cc1c2c(cc3cnccc13)-c1nccc3c1c(cc1c(CC(C)(C)C)cccc13)O2. The highest BCUT2D eigenvalue weighted by molar-refractivity contribution is 6.16. The van der Waals surface area contributed by atoms with E-state index in [2.05, 4.69) is 89.0 Å². The van der Waals surface area contributed by atoms with Crippen molar-refractivity contribution in [2.75, 3.05) is 0 Å². The summed E-state index contributed by atoms with van der Waals surface area (Å²) in [5, 5.41) is 7.17. The first-order valence-electron chi connectivity index (χ1n) is 12.5. The molecule has 3 aromatic carbocycles. The smallest absolute Gasteiger partial charge is 0.140 e. The fraction of sp³-hybridized carbons (Fsp3) is 0.312. The third-order valence-electron chi connectivity index (χ3n) is 6.85. The summed E-state index contributed by atoms with van der Waals surface area (Å²) in [6.07, 6.45) is 7.70. The van der Waals surface area contributed by atoms with Gasteiger partial charge in [0.25, 0.3) is 0 Å². The minimum absolute atomic E-state index is 0.109. The van der Waals surface area contributed by atoms with Crippen LogP contribution in [0.1, 0.15) is 52.7 Å². The fourth-order valence-corrected chi connectivity index (χ4v) is 5.58. The molecule has 2 aromatic heterocycles. The van der Waals surface area contributed by atoms with Crippen molar-refractivity contribution in [2.45, 2.75) is 54.4 Å². The highest BCUT2D eigenvalue weighted by Crippen LogP contribution is 2.51. The molecule has 0 saturated heterocycles. The Kier molecular flexibility index (Phi) is 4.73. The quantitative estimate of drug-likeness (QED) is 0.242. The van der Waals surface area contributed by atoms with Crippen molar-refractivity contribution >= 4 is 32.3 Å². The highest BCUT2D eigenvalue weighted by Gasteiger charge is 2.28. The Bertz CT molecular complexity index is 1630. The molecule has 0 spiro atoms. The normalized spacial score (nSPS) is 13.3. The van der Waals surface area contributed by atoms with E-state index in [1.54, 1.807) is 0 Å². The molecule has 0 atom stereocenters. The predicted molar refractivity (Wildman–Crippen MR) is 146 cm³/mol. The van der Waals surface area contributed by atoms with Gasteiger partial charge in [0, 0.05) is 35.1 Å². The van der Waals surface area contributed by atoms with Crippen LogP contribution >= 0.6 is 0 Å². The second kappa shape index (κ2) is 7.52. The van der Waals surface area contributed by atoms with Crippen LogP contribution in [0.3, 0.4) is 0 Å². The van der Waals surface area contributed by atoms with Crippen molar-refractivity contribution in [1.82, 2.24) is 9.97 Å². The summed E-state index contributed by atoms with van der Waals surface area (Å²) in [6.45, 7) is 13.7. The van der Waals surface area contributed by atoms with Gasteiger partial charge in [-0.25, -0.2) is 0 Å². The number of nitrogens with zero attached hydrogens (tertiary/aromatic N) is 2. The van der Waals surface area contributed by atoms with Crippen LogP contribution in [0.25, 0.3) is 43.6 Å². The molecule has 35 heavy (non-hydrogen) atoms. The Morgan fingerprint density at radius 2 is 1.54 bits per heavy atom. The van der Waals surface area contributed by atoms with Crippen molar-refractivity contribution in [2.24, 2.45) is 10.8 Å². The van der Waals surface area contributed by atoms with Crippen LogP contribution in [0.15, 0.2) is 61.1 Å². The standard InChI is InChI=1S/C32H32N2O/c1-31(2,3)16-19-8-7-9-22-23-11-13-34-29-25-14-20-18-33-12-10-21(20)26(17-32(4,5)6)30(25)35-27(28(23)29)15-24(19)22/h7-15,18H,16-17H2,1-6H3. The number of fused-ring (bicyclic) bond motifs is 5. The van der Waals surface area contributed by atoms with Gasteiger partial charge >= 0.3 is 0 Å². The minimum Gasteiger partial charge on any atom is -0.456 e. The van der Waals surface area contributed by atoms with E-state index < -0.39 is 0 Å². The van der Waals surface area contributed by atoms with Gasteiger partial charge in [-0.15, -0.1) is 0 Å². The van der Waals surface area contributed by atoms with Crippen molar-refractivity contribution in [3.05, 3.63) is 72.2 Å². The van der Waals surface area contributed by atoms with E-state index in [0.717, 1.165) is 46.4 Å². The maximum Gasteiger partial charge on any atom is 0.140 e. The zero-order chi connectivity index (χ0) is 24.5. The molecule has 0 bridgehead atoms. The van der Waals surface area contributed by atoms with Crippen molar-refractivity contribution in [3.63, 3.8) is 0 Å². The summed E-state index contributed by atoms with van der Waals surface area (Å²) in [7, 11) is 0. The number of hydrogen-bond donors (Lipinski definition) is 0. The van der Waals surface area contributed by atoms with Gasteiger partial charge in [-0.05, 0) is 75.0 Å². The molecule has 0 aliphatic carbocycles. The van der Waals surface area contributed by atoms with Crippen LogP contribution in [0.4, 0.5) is 0 Å². The summed E-state index contributed by atoms with van der Waals surface area (Å²) < 4.78 is 6.87. The average molecular weight is 461 g/mol. The molecule has 3 nitrogen and oxygen atoms in total. The molecule has 1 aliphatic rings. The van der Waals surface area contributed by atoms with Gasteiger partial charge in [-0.3, -0.25) is 9.97 Å². The lowest BCUT2D eigenvalue weighted by Crippen LogP contribution is -2.12. The van der Waals surface area contributed by atoms with E-state index in [0.29, 0.717) is 0 Å². The van der Waals surface area contributed by atoms with Gasteiger partial charge < -0.3 is 4.74 Å². The monoisotopic (exact) mass is 460 g/mol. The van der Waals surface area contributed by atoms with E-state index >= 15 is 0 Å². The topological polar surface area (TPSA) is 35.0 Å². The van der Waals surface area contributed by atoms with Crippen LogP contribution in [-0.2, 0) is 12.8 Å². The number of pyridine rings is 2. The first-order valence-corrected chi connectivity index (χ1v) is 12.5. The van der Waals surface area contributed by atoms with Crippen LogP contribution in [0, 0.1) is 10.8 Å². The molecule has 0 unspecified atom stereocenters. The summed E-state index contributed by atoms with van der Waals surface area (Å²) >= 11 is 0. The van der Waals surface area contributed by atoms with Crippen LogP contribution in [0.2, 0.25) is 0 Å². The van der Waals surface area contributed by atoms with Gasteiger partial charge in [0.2, 0.25) is 0 Å². The highest BCUT2D eigenvalue weighted by atomic mass is 16.5. The van der Waals surface area contributed by atoms with Gasteiger partial charge in [0.05, 0.1) is 11.1 Å². The van der Waals surface area contributed by atoms with E-state index in [1.165, 1.54) is 32.7 Å². The zero-order valence-electron chi connectivity index (χ0n) is 21.5. The maximum atomic E-state index is 6.87. The Labute approximate surface area is 207 Å². The first-order chi connectivity index (χ1) is 16.6. The molecule has 0 N–H and O–H groups in total. The molecule has 176 valence electrons. The Morgan fingerprint density at radius 1 is 0.771 bits per heavy atom. The second-order valence-corrected chi connectivity index (χ2v) is 12.4. The lowest BCUT2D eigenvalue weighted by Gasteiger charge is -2.28. The average Bonchev–Trinajstić information content (AvgIpc) is 2.78. The number of hydrogen-bond acceptors (Lipinski definition) is 3. The van der Waals surface area contributed by atoms with Crippen LogP contribution < -0.4 is 4.74 Å². The number of rotatable bonds is 2. The third kappa shape index (κ3) is 3.74. The van der Waals surface area contributed by atoms with E-state index in [-0.39, 0.29) is 10.8 Å². The molecule has 0 fully saturated rings. The minimum atomic E-state index is 0.109. The third-order valence-corrected chi connectivity index (χ3v) is 6.85. The largest absolute Gasteiger partial charge is 0.456 e. The van der Waals surface area contributed by atoms with Crippen molar-refractivity contribution < 1.29 is 4.74 Å². The van der Waals surface area contributed by atoms with Gasteiger partial charge in [0.1, 0.15) is 11.5 Å². The van der Waals surface area contributed by atoms with Crippen LogP contribution in [0.5, 0.6) is 11.5 Å². The molecule has 0 radical (unpaired) electrons. The molecule has 0 amide bonds. The molecular weight excluding hydrogens is 428 g/mol. The summed E-state index contributed by atoms with van der Waals surface area (Å²) in [4.78, 5) is 9.32. The van der Waals surface area contributed by atoms with Crippen molar-refractivity contribution in [3.8, 4) is 22.8 Å².